The Morgan fingerprint density at radius 1 is 1.06 bits per heavy atom. The zero-order valence-corrected chi connectivity index (χ0v) is 22.4. The van der Waals surface area contributed by atoms with Crippen LogP contribution >= 0.6 is 11.8 Å². The average molecular weight is 493 g/mol. The van der Waals surface area contributed by atoms with Crippen molar-refractivity contribution in [2.24, 2.45) is 0 Å². The molecule has 35 heavy (non-hydrogen) atoms. The molecule has 0 fully saturated rings. The molecule has 7 heteroatoms. The van der Waals surface area contributed by atoms with Crippen LogP contribution in [-0.4, -0.2) is 45.3 Å². The third-order valence-electron chi connectivity index (χ3n) is 5.84. The lowest BCUT2D eigenvalue weighted by Crippen LogP contribution is -2.39. The Morgan fingerprint density at radius 3 is 2.43 bits per heavy atom. The summed E-state index contributed by atoms with van der Waals surface area (Å²) in [7, 11) is 0. The van der Waals surface area contributed by atoms with Crippen LogP contribution in [0.1, 0.15) is 50.9 Å². The monoisotopic (exact) mass is 492 g/mol. The number of thioether (sulfide) groups is 1. The Bertz CT molecular complexity index is 1170. The number of rotatable bonds is 9. The zero-order valence-electron chi connectivity index (χ0n) is 21.6. The van der Waals surface area contributed by atoms with Crippen molar-refractivity contribution in [3.8, 4) is 5.69 Å². The molecule has 6 nitrogen and oxygen atoms in total. The maximum absolute atomic E-state index is 13.1. The van der Waals surface area contributed by atoms with Gasteiger partial charge in [0.25, 0.3) is 0 Å². The number of benzene rings is 2. The van der Waals surface area contributed by atoms with Gasteiger partial charge in [0.1, 0.15) is 5.82 Å². The van der Waals surface area contributed by atoms with Gasteiger partial charge in [-0.3, -0.25) is 9.59 Å². The fraction of sp³-hybridized carbons (Fsp3) is 0.393. The van der Waals surface area contributed by atoms with Crippen molar-refractivity contribution in [3.63, 3.8) is 0 Å². The summed E-state index contributed by atoms with van der Waals surface area (Å²) in [6.45, 7) is 13.0. The molecule has 0 saturated heterocycles. The van der Waals surface area contributed by atoms with E-state index in [4.69, 9.17) is 5.10 Å². The minimum absolute atomic E-state index is 0.00482. The predicted molar refractivity (Wildman–Crippen MR) is 144 cm³/mol. The molecule has 1 heterocycles. The van der Waals surface area contributed by atoms with Crippen LogP contribution in [-0.2, 0) is 15.0 Å². The third-order valence-corrected chi connectivity index (χ3v) is 6.83. The second-order valence-electron chi connectivity index (χ2n) is 9.76. The van der Waals surface area contributed by atoms with Gasteiger partial charge in [-0.15, -0.1) is 11.8 Å². The van der Waals surface area contributed by atoms with Crippen LogP contribution in [0.5, 0.6) is 0 Å². The summed E-state index contributed by atoms with van der Waals surface area (Å²) in [5, 5.41) is 7.86. The first-order valence-electron chi connectivity index (χ1n) is 12.0. The van der Waals surface area contributed by atoms with Gasteiger partial charge >= 0.3 is 0 Å². The summed E-state index contributed by atoms with van der Waals surface area (Å²) in [6, 6.07) is 17.8. The molecule has 0 aliphatic carbocycles. The lowest BCUT2D eigenvalue weighted by molar-refractivity contribution is -0.132. The number of aryl methyl sites for hydroxylation is 1. The van der Waals surface area contributed by atoms with Gasteiger partial charge in [-0.1, -0.05) is 58.0 Å². The van der Waals surface area contributed by atoms with Crippen LogP contribution in [0.3, 0.4) is 0 Å². The first kappa shape index (κ1) is 26.5. The van der Waals surface area contributed by atoms with E-state index in [-0.39, 0.29) is 23.8 Å². The first-order valence-corrected chi connectivity index (χ1v) is 13.0. The summed E-state index contributed by atoms with van der Waals surface area (Å²) in [4.78, 5) is 28.7. The Morgan fingerprint density at radius 2 is 1.77 bits per heavy atom. The highest BCUT2D eigenvalue weighted by atomic mass is 32.2. The van der Waals surface area contributed by atoms with E-state index in [0.29, 0.717) is 18.1 Å². The highest BCUT2D eigenvalue weighted by Crippen LogP contribution is 2.28. The Labute approximate surface area is 213 Å². The average Bonchev–Trinajstić information content (AvgIpc) is 3.23. The molecule has 0 radical (unpaired) electrons. The SMILES string of the molecule is CCCN(CC(=O)Nc1cc(C(C)(C)C)nn1-c1cccc(C)c1C)C(=O)CSc1ccccc1. The fourth-order valence-electron chi connectivity index (χ4n) is 3.66. The number of aromatic nitrogens is 2. The molecule has 3 aromatic rings. The number of anilines is 1. The van der Waals surface area contributed by atoms with E-state index in [1.54, 1.807) is 9.58 Å². The number of nitrogens with one attached hydrogen (secondary N) is 1. The third kappa shape index (κ3) is 6.98. The number of nitrogens with zero attached hydrogens (tertiary/aromatic N) is 3. The normalized spacial score (nSPS) is 11.4. The molecule has 1 N–H and O–H groups in total. The molecule has 2 amide bonds. The molecule has 0 aliphatic rings. The highest BCUT2D eigenvalue weighted by molar-refractivity contribution is 8.00. The minimum Gasteiger partial charge on any atom is -0.333 e. The number of carbonyl (C=O) groups is 2. The molecular weight excluding hydrogens is 456 g/mol. The van der Waals surface area contributed by atoms with E-state index in [2.05, 4.69) is 46.0 Å². The molecule has 0 atom stereocenters. The molecule has 2 aromatic carbocycles. The number of carbonyl (C=O) groups excluding carboxylic acids is 2. The minimum atomic E-state index is -0.233. The largest absolute Gasteiger partial charge is 0.333 e. The van der Waals surface area contributed by atoms with E-state index in [1.165, 1.54) is 11.8 Å². The van der Waals surface area contributed by atoms with Crippen molar-refractivity contribution < 1.29 is 9.59 Å². The number of hydrogen-bond donors (Lipinski definition) is 1. The van der Waals surface area contributed by atoms with Crippen molar-refractivity contribution in [1.82, 2.24) is 14.7 Å². The van der Waals surface area contributed by atoms with Gasteiger partial charge < -0.3 is 10.2 Å². The topological polar surface area (TPSA) is 67.2 Å². The number of amides is 2. The van der Waals surface area contributed by atoms with Gasteiger partial charge in [0.05, 0.1) is 23.7 Å². The van der Waals surface area contributed by atoms with Gasteiger partial charge in [-0.25, -0.2) is 4.68 Å². The van der Waals surface area contributed by atoms with Crippen LogP contribution in [0.25, 0.3) is 5.69 Å². The van der Waals surface area contributed by atoms with Crippen LogP contribution < -0.4 is 5.32 Å². The van der Waals surface area contributed by atoms with Crippen molar-refractivity contribution >= 4 is 29.4 Å². The zero-order chi connectivity index (χ0) is 25.6. The maximum atomic E-state index is 13.1. The maximum Gasteiger partial charge on any atom is 0.245 e. The fourth-order valence-corrected chi connectivity index (χ4v) is 4.48. The van der Waals surface area contributed by atoms with Gasteiger partial charge in [0.15, 0.2) is 0 Å². The van der Waals surface area contributed by atoms with Crippen LogP contribution in [0.15, 0.2) is 59.5 Å². The Kier molecular flexibility index (Phi) is 8.78. The van der Waals surface area contributed by atoms with E-state index in [0.717, 1.165) is 33.8 Å². The molecule has 0 spiro atoms. The van der Waals surface area contributed by atoms with Gasteiger partial charge in [-0.2, -0.15) is 5.10 Å². The van der Waals surface area contributed by atoms with Crippen LogP contribution in [0.4, 0.5) is 5.82 Å². The van der Waals surface area contributed by atoms with Crippen molar-refractivity contribution in [3.05, 3.63) is 71.4 Å². The molecule has 1 aromatic heterocycles. The standard InChI is InChI=1S/C28H36N4O2S/c1-7-16-31(27(34)19-35-22-13-9-8-10-14-22)18-26(33)29-25-17-24(28(4,5)6)30-32(25)23-15-11-12-20(2)21(23)3/h8-15,17H,7,16,18-19H2,1-6H3,(H,29,33). The van der Waals surface area contributed by atoms with Crippen molar-refractivity contribution in [1.29, 1.82) is 0 Å². The summed E-state index contributed by atoms with van der Waals surface area (Å²) in [6.07, 6.45) is 0.781. The summed E-state index contributed by atoms with van der Waals surface area (Å²) in [5.74, 6) is 0.625. The second-order valence-corrected chi connectivity index (χ2v) is 10.8. The second kappa shape index (κ2) is 11.6. The van der Waals surface area contributed by atoms with E-state index in [9.17, 15) is 9.59 Å². The molecule has 0 unspecified atom stereocenters. The Balaban J connectivity index is 1.78. The lowest BCUT2D eigenvalue weighted by atomic mass is 9.92. The lowest BCUT2D eigenvalue weighted by Gasteiger charge is -2.21. The van der Waals surface area contributed by atoms with Gasteiger partial charge in [0, 0.05) is 22.9 Å². The smallest absolute Gasteiger partial charge is 0.245 e. The van der Waals surface area contributed by atoms with E-state index < -0.39 is 0 Å². The van der Waals surface area contributed by atoms with Gasteiger partial charge in [0.2, 0.25) is 11.8 Å². The molecule has 0 saturated carbocycles. The van der Waals surface area contributed by atoms with E-state index in [1.807, 2.05) is 55.5 Å². The van der Waals surface area contributed by atoms with Crippen molar-refractivity contribution in [2.75, 3.05) is 24.2 Å². The number of hydrogen-bond acceptors (Lipinski definition) is 4. The summed E-state index contributed by atoms with van der Waals surface area (Å²) in [5.41, 5.74) is 3.89. The molecule has 0 bridgehead atoms. The Hall–Kier alpha value is -3.06. The molecule has 0 aliphatic heterocycles. The van der Waals surface area contributed by atoms with Crippen molar-refractivity contribution in [2.45, 2.75) is 58.3 Å². The van der Waals surface area contributed by atoms with Crippen LogP contribution in [0.2, 0.25) is 0 Å². The summed E-state index contributed by atoms with van der Waals surface area (Å²) < 4.78 is 1.80. The molecular formula is C28H36N4O2S. The van der Waals surface area contributed by atoms with Crippen LogP contribution in [0, 0.1) is 13.8 Å². The highest BCUT2D eigenvalue weighted by Gasteiger charge is 2.23. The van der Waals surface area contributed by atoms with E-state index >= 15 is 0 Å². The molecule has 3 rings (SSSR count). The predicted octanol–water partition coefficient (Wildman–Crippen LogP) is 5.76. The quantitative estimate of drug-likeness (QED) is 0.386. The van der Waals surface area contributed by atoms with Gasteiger partial charge in [-0.05, 0) is 49.6 Å². The first-order chi connectivity index (χ1) is 16.6. The molecule has 186 valence electrons. The summed E-state index contributed by atoms with van der Waals surface area (Å²) >= 11 is 1.49.